The van der Waals surface area contributed by atoms with Crippen molar-refractivity contribution < 1.29 is 9.34 Å². The number of nitro groups is 1. The average Bonchev–Trinajstić information content (AvgIpc) is 2.97. The molecule has 0 radical (unpaired) electrons. The maximum atomic E-state index is 11.0. The van der Waals surface area contributed by atoms with E-state index >= 15 is 0 Å². The van der Waals surface area contributed by atoms with Gasteiger partial charge < -0.3 is 14.6 Å². The van der Waals surface area contributed by atoms with E-state index in [1.807, 2.05) is 24.9 Å². The van der Waals surface area contributed by atoms with Gasteiger partial charge in [-0.25, -0.2) is 4.98 Å². The predicted molar refractivity (Wildman–Crippen MR) is 80.5 cm³/mol. The fraction of sp³-hybridized carbons (Fsp3) is 0.357. The van der Waals surface area contributed by atoms with Crippen LogP contribution < -0.4 is 10.2 Å². The van der Waals surface area contributed by atoms with Gasteiger partial charge >= 0.3 is 0 Å². The van der Waals surface area contributed by atoms with Crippen LogP contribution in [0.15, 0.2) is 35.1 Å². The average molecular weight is 290 g/mol. The lowest BCUT2D eigenvalue weighted by atomic mass is 10.3. The molecule has 7 nitrogen and oxygen atoms in total. The van der Waals surface area contributed by atoms with E-state index in [0.29, 0.717) is 18.2 Å². The molecular formula is C14H18N4O3. The Balaban J connectivity index is 2.23. The lowest BCUT2D eigenvalue weighted by Crippen LogP contribution is -2.18. The van der Waals surface area contributed by atoms with Gasteiger partial charge in [0, 0.05) is 25.7 Å². The number of nitrogens with one attached hydrogen (secondary N) is 1. The quantitative estimate of drug-likeness (QED) is 0.623. The first-order valence-electron chi connectivity index (χ1n) is 6.72. The summed E-state index contributed by atoms with van der Waals surface area (Å²) < 4.78 is 5.02. The van der Waals surface area contributed by atoms with E-state index in [4.69, 9.17) is 4.42 Å². The summed E-state index contributed by atoms with van der Waals surface area (Å²) in [6, 6.07) is 4.77. The van der Waals surface area contributed by atoms with Crippen molar-refractivity contribution >= 4 is 17.3 Å². The second kappa shape index (κ2) is 6.74. The van der Waals surface area contributed by atoms with Gasteiger partial charge in [0.1, 0.15) is 11.6 Å². The highest BCUT2D eigenvalue weighted by atomic mass is 16.6. The summed E-state index contributed by atoms with van der Waals surface area (Å²) in [5.41, 5.74) is 1.01. The summed E-state index contributed by atoms with van der Waals surface area (Å²) >= 11 is 0. The zero-order valence-corrected chi connectivity index (χ0v) is 12.1. The molecule has 1 N–H and O–H groups in total. The van der Waals surface area contributed by atoms with E-state index in [0.717, 1.165) is 18.5 Å². The Hall–Kier alpha value is -2.57. The van der Waals surface area contributed by atoms with Crippen molar-refractivity contribution in [1.29, 1.82) is 0 Å². The van der Waals surface area contributed by atoms with E-state index in [-0.39, 0.29) is 5.69 Å². The van der Waals surface area contributed by atoms with Crippen LogP contribution in [0.3, 0.4) is 0 Å². The largest absolute Gasteiger partial charge is 0.472 e. The van der Waals surface area contributed by atoms with Gasteiger partial charge in [-0.15, -0.1) is 0 Å². The molecule has 0 unspecified atom stereocenters. The Morgan fingerprint density at radius 2 is 2.29 bits per heavy atom. The highest BCUT2D eigenvalue weighted by Crippen LogP contribution is 2.23. The van der Waals surface area contributed by atoms with Crippen LogP contribution in [0.2, 0.25) is 0 Å². The summed E-state index contributed by atoms with van der Waals surface area (Å²) in [6.45, 7) is 3.31. The summed E-state index contributed by atoms with van der Waals surface area (Å²) in [4.78, 5) is 16.9. The highest BCUT2D eigenvalue weighted by Gasteiger charge is 2.14. The summed E-state index contributed by atoms with van der Waals surface area (Å²) in [6.07, 6.45) is 4.16. The first-order chi connectivity index (χ1) is 10.1. The maximum absolute atomic E-state index is 11.0. The minimum absolute atomic E-state index is 0.0256. The van der Waals surface area contributed by atoms with Crippen molar-refractivity contribution in [3.63, 3.8) is 0 Å². The van der Waals surface area contributed by atoms with Gasteiger partial charge in [0.2, 0.25) is 0 Å². The van der Waals surface area contributed by atoms with Crippen molar-refractivity contribution in [3.8, 4) is 0 Å². The van der Waals surface area contributed by atoms with Gasteiger partial charge in [-0.2, -0.15) is 0 Å². The zero-order chi connectivity index (χ0) is 15.2. The molecule has 0 aromatic carbocycles. The second-order valence-corrected chi connectivity index (χ2v) is 4.74. The molecule has 0 aliphatic heterocycles. The van der Waals surface area contributed by atoms with Crippen molar-refractivity contribution in [2.45, 2.75) is 19.9 Å². The topological polar surface area (TPSA) is 84.4 Å². The van der Waals surface area contributed by atoms with E-state index in [2.05, 4.69) is 10.3 Å². The van der Waals surface area contributed by atoms with Crippen LogP contribution in [0, 0.1) is 10.1 Å². The van der Waals surface area contributed by atoms with Gasteiger partial charge in [0.05, 0.1) is 29.6 Å². The molecule has 112 valence electrons. The van der Waals surface area contributed by atoms with Crippen molar-refractivity contribution in [1.82, 2.24) is 4.98 Å². The monoisotopic (exact) mass is 290 g/mol. The molecule has 0 saturated carbocycles. The molecule has 0 amide bonds. The number of hydrogen-bond acceptors (Lipinski definition) is 6. The van der Waals surface area contributed by atoms with E-state index in [1.54, 1.807) is 12.5 Å². The van der Waals surface area contributed by atoms with Crippen molar-refractivity contribution in [3.05, 3.63) is 46.4 Å². The minimum Gasteiger partial charge on any atom is -0.472 e. The molecule has 0 bridgehead atoms. The number of anilines is 2. The van der Waals surface area contributed by atoms with Crippen LogP contribution in [0.25, 0.3) is 0 Å². The van der Waals surface area contributed by atoms with Crippen LogP contribution in [-0.2, 0) is 6.54 Å². The van der Waals surface area contributed by atoms with Gasteiger partial charge in [0.15, 0.2) is 0 Å². The third-order valence-electron chi connectivity index (χ3n) is 2.95. The maximum Gasteiger partial charge on any atom is 0.276 e. The third-order valence-corrected chi connectivity index (χ3v) is 2.95. The lowest BCUT2D eigenvalue weighted by molar-refractivity contribution is -0.384. The van der Waals surface area contributed by atoms with Crippen LogP contribution in [0.4, 0.5) is 17.3 Å². The molecule has 0 aliphatic rings. The van der Waals surface area contributed by atoms with Gasteiger partial charge in [-0.3, -0.25) is 10.1 Å². The molecule has 0 saturated heterocycles. The van der Waals surface area contributed by atoms with Crippen LogP contribution in [0.1, 0.15) is 18.9 Å². The smallest absolute Gasteiger partial charge is 0.276 e. The van der Waals surface area contributed by atoms with E-state index < -0.39 is 4.92 Å². The van der Waals surface area contributed by atoms with Crippen molar-refractivity contribution in [2.24, 2.45) is 0 Å². The molecular weight excluding hydrogens is 272 g/mol. The number of nitrogens with zero attached hydrogens (tertiary/aromatic N) is 3. The summed E-state index contributed by atoms with van der Waals surface area (Å²) in [5.74, 6) is 1.06. The Labute approximate surface area is 122 Å². The second-order valence-electron chi connectivity index (χ2n) is 4.74. The Kier molecular flexibility index (Phi) is 4.76. The van der Waals surface area contributed by atoms with Gasteiger partial charge in [-0.05, 0) is 12.5 Å². The standard InChI is InChI=1S/C14H18N4O3/c1-3-5-15-13-7-12(18(19)20)8-14(16-13)17(2)9-11-4-6-21-10-11/h4,6-8,10H,3,5,9H2,1-2H3,(H,15,16). The minimum atomic E-state index is -0.409. The predicted octanol–water partition coefficient (Wildman–Crippen LogP) is 3.04. The molecule has 2 aromatic rings. The molecule has 7 heteroatoms. The fourth-order valence-corrected chi connectivity index (χ4v) is 1.88. The van der Waals surface area contributed by atoms with Crippen LogP contribution >= 0.6 is 0 Å². The lowest BCUT2D eigenvalue weighted by Gasteiger charge is -2.18. The first kappa shape index (κ1) is 14.8. The summed E-state index contributed by atoms with van der Waals surface area (Å²) in [5, 5.41) is 14.1. The number of hydrogen-bond donors (Lipinski definition) is 1. The summed E-state index contributed by atoms with van der Waals surface area (Å²) in [7, 11) is 1.84. The molecule has 0 fully saturated rings. The first-order valence-corrected chi connectivity index (χ1v) is 6.72. The normalized spacial score (nSPS) is 10.4. The number of pyridine rings is 1. The molecule has 0 aliphatic carbocycles. The van der Waals surface area contributed by atoms with E-state index in [1.165, 1.54) is 12.1 Å². The Morgan fingerprint density at radius 3 is 2.90 bits per heavy atom. The van der Waals surface area contributed by atoms with Crippen LogP contribution in [0.5, 0.6) is 0 Å². The third kappa shape index (κ3) is 3.95. The van der Waals surface area contributed by atoms with Crippen LogP contribution in [-0.4, -0.2) is 23.5 Å². The SMILES string of the molecule is CCCNc1cc([N+](=O)[O-])cc(N(C)Cc2ccoc2)n1. The Morgan fingerprint density at radius 1 is 1.48 bits per heavy atom. The number of furan rings is 1. The molecule has 21 heavy (non-hydrogen) atoms. The fourth-order valence-electron chi connectivity index (χ4n) is 1.88. The number of aromatic nitrogens is 1. The molecule has 2 heterocycles. The Bertz CT molecular complexity index is 598. The molecule has 2 rings (SSSR count). The highest BCUT2D eigenvalue weighted by molar-refractivity contribution is 5.55. The van der Waals surface area contributed by atoms with E-state index in [9.17, 15) is 10.1 Å². The van der Waals surface area contributed by atoms with Crippen molar-refractivity contribution in [2.75, 3.05) is 23.8 Å². The number of rotatable bonds is 7. The molecule has 0 atom stereocenters. The molecule has 2 aromatic heterocycles. The van der Waals surface area contributed by atoms with Gasteiger partial charge in [-0.1, -0.05) is 6.92 Å². The zero-order valence-electron chi connectivity index (χ0n) is 12.1. The van der Waals surface area contributed by atoms with Gasteiger partial charge in [0.25, 0.3) is 5.69 Å². The molecule has 0 spiro atoms.